The van der Waals surface area contributed by atoms with Gasteiger partial charge in [0.2, 0.25) is 11.8 Å². The van der Waals surface area contributed by atoms with E-state index in [2.05, 4.69) is 21.2 Å². The molecule has 10 heteroatoms. The van der Waals surface area contributed by atoms with E-state index in [0.29, 0.717) is 18.0 Å². The lowest BCUT2D eigenvalue weighted by molar-refractivity contribution is -0.139. The number of amides is 2. The molecule has 0 bridgehead atoms. The van der Waals surface area contributed by atoms with E-state index in [1.165, 1.54) is 17.0 Å². The zero-order chi connectivity index (χ0) is 30.2. The maximum absolute atomic E-state index is 14.0. The fourth-order valence-corrected chi connectivity index (χ4v) is 5.98. The molecule has 1 N–H and O–H groups in total. The number of halogens is 1. The number of hydrogen-bond acceptors (Lipinski definition) is 5. The SMILES string of the molecule is CCOc1ccc(N(CC(=O)N(Cc2cccc(Br)c2)C(C)C(=O)NC(C)CC)S(=O)(=O)c2ccc(C)cc2)cc1. The quantitative estimate of drug-likeness (QED) is 0.258. The highest BCUT2D eigenvalue weighted by Gasteiger charge is 2.32. The van der Waals surface area contributed by atoms with Crippen LogP contribution < -0.4 is 14.4 Å². The van der Waals surface area contributed by atoms with E-state index in [0.717, 1.165) is 26.3 Å². The Balaban J connectivity index is 2.03. The minimum Gasteiger partial charge on any atom is -0.494 e. The second-order valence-electron chi connectivity index (χ2n) is 9.90. The van der Waals surface area contributed by atoms with E-state index in [4.69, 9.17) is 4.74 Å². The molecule has 0 spiro atoms. The van der Waals surface area contributed by atoms with Crippen LogP contribution in [-0.4, -0.2) is 50.4 Å². The average Bonchev–Trinajstić information content (AvgIpc) is 2.95. The highest BCUT2D eigenvalue weighted by molar-refractivity contribution is 9.10. The van der Waals surface area contributed by atoms with Gasteiger partial charge < -0.3 is 15.0 Å². The summed E-state index contributed by atoms with van der Waals surface area (Å²) < 4.78 is 35.3. The van der Waals surface area contributed by atoms with Crippen molar-refractivity contribution in [2.45, 2.75) is 64.6 Å². The number of nitrogens with zero attached hydrogens (tertiary/aromatic N) is 2. The normalized spacial score (nSPS) is 12.7. The van der Waals surface area contributed by atoms with Crippen LogP contribution in [0.1, 0.15) is 45.2 Å². The Labute approximate surface area is 251 Å². The van der Waals surface area contributed by atoms with Crippen LogP contribution in [0.3, 0.4) is 0 Å². The molecule has 0 aliphatic heterocycles. The van der Waals surface area contributed by atoms with E-state index in [1.807, 2.05) is 52.0 Å². The van der Waals surface area contributed by atoms with Crippen LogP contribution >= 0.6 is 15.9 Å². The number of rotatable bonds is 13. The predicted molar refractivity (Wildman–Crippen MR) is 165 cm³/mol. The number of benzene rings is 3. The minimum absolute atomic E-state index is 0.0610. The van der Waals surface area contributed by atoms with Crippen molar-refractivity contribution in [2.75, 3.05) is 17.5 Å². The van der Waals surface area contributed by atoms with Crippen molar-refractivity contribution >= 4 is 43.5 Å². The molecule has 2 atom stereocenters. The van der Waals surface area contributed by atoms with Gasteiger partial charge in [0.15, 0.2) is 0 Å². The summed E-state index contributed by atoms with van der Waals surface area (Å²) in [4.78, 5) is 28.7. The van der Waals surface area contributed by atoms with Crippen molar-refractivity contribution in [1.82, 2.24) is 10.2 Å². The number of aryl methyl sites for hydroxylation is 1. The molecule has 3 aromatic rings. The van der Waals surface area contributed by atoms with Crippen molar-refractivity contribution in [3.63, 3.8) is 0 Å². The minimum atomic E-state index is -4.14. The van der Waals surface area contributed by atoms with Gasteiger partial charge in [0, 0.05) is 17.1 Å². The van der Waals surface area contributed by atoms with Crippen LogP contribution in [0.2, 0.25) is 0 Å². The summed E-state index contributed by atoms with van der Waals surface area (Å²) in [5.74, 6) is -0.236. The van der Waals surface area contributed by atoms with Crippen LogP contribution in [0, 0.1) is 6.92 Å². The van der Waals surface area contributed by atoms with E-state index in [9.17, 15) is 18.0 Å². The van der Waals surface area contributed by atoms with Gasteiger partial charge in [0.1, 0.15) is 18.3 Å². The summed E-state index contributed by atoms with van der Waals surface area (Å²) in [6.07, 6.45) is 0.734. The number of hydrogen-bond donors (Lipinski definition) is 1. The molecule has 220 valence electrons. The van der Waals surface area contributed by atoms with Gasteiger partial charge in [-0.1, -0.05) is 52.7 Å². The molecule has 41 heavy (non-hydrogen) atoms. The highest BCUT2D eigenvalue weighted by atomic mass is 79.9. The van der Waals surface area contributed by atoms with Gasteiger partial charge in [-0.2, -0.15) is 0 Å². The van der Waals surface area contributed by atoms with Gasteiger partial charge in [0.05, 0.1) is 17.2 Å². The third-order valence-corrected chi connectivity index (χ3v) is 9.02. The Morgan fingerprint density at radius 2 is 1.63 bits per heavy atom. The lowest BCUT2D eigenvalue weighted by Crippen LogP contribution is -2.52. The zero-order valence-corrected chi connectivity index (χ0v) is 26.5. The molecule has 0 saturated carbocycles. The molecule has 3 rings (SSSR count). The van der Waals surface area contributed by atoms with Crippen LogP contribution in [0.4, 0.5) is 5.69 Å². The first-order valence-corrected chi connectivity index (χ1v) is 15.9. The number of carbonyl (C=O) groups excluding carboxylic acids is 2. The fraction of sp³-hybridized carbons (Fsp3) is 0.355. The topological polar surface area (TPSA) is 96.0 Å². The van der Waals surface area contributed by atoms with Gasteiger partial charge in [-0.15, -0.1) is 0 Å². The number of anilines is 1. The van der Waals surface area contributed by atoms with Crippen molar-refractivity contribution in [3.8, 4) is 5.75 Å². The standard InChI is InChI=1S/C31H38BrN3O5S/c1-6-23(4)33-31(37)24(5)34(20-25-9-8-10-26(32)19-25)30(36)21-35(27-13-15-28(16-14-27)40-7-2)41(38,39)29-17-11-22(3)12-18-29/h8-19,23-24H,6-7,20-21H2,1-5H3,(H,33,37). The molecule has 0 aliphatic carbocycles. The maximum atomic E-state index is 14.0. The van der Waals surface area contributed by atoms with Crippen LogP contribution in [0.25, 0.3) is 0 Å². The Morgan fingerprint density at radius 3 is 2.22 bits per heavy atom. The first-order valence-electron chi connectivity index (χ1n) is 13.6. The maximum Gasteiger partial charge on any atom is 0.264 e. The van der Waals surface area contributed by atoms with Crippen molar-refractivity contribution in [3.05, 3.63) is 88.4 Å². The lowest BCUT2D eigenvalue weighted by Gasteiger charge is -2.32. The van der Waals surface area contributed by atoms with Crippen LogP contribution in [0.5, 0.6) is 5.75 Å². The smallest absolute Gasteiger partial charge is 0.264 e. The molecule has 0 fully saturated rings. The lowest BCUT2D eigenvalue weighted by atomic mass is 10.1. The van der Waals surface area contributed by atoms with E-state index < -0.39 is 28.5 Å². The van der Waals surface area contributed by atoms with Crippen LogP contribution in [-0.2, 0) is 26.2 Å². The summed E-state index contributed by atoms with van der Waals surface area (Å²) in [6.45, 7) is 9.33. The van der Waals surface area contributed by atoms with Gasteiger partial charge >= 0.3 is 0 Å². The summed E-state index contributed by atoms with van der Waals surface area (Å²) in [5, 5.41) is 2.94. The molecule has 2 amide bonds. The molecule has 0 heterocycles. The Bertz CT molecular complexity index is 1430. The molecular formula is C31H38BrN3O5S. The van der Waals surface area contributed by atoms with Gasteiger partial charge in [-0.05, 0) is 88.2 Å². The molecule has 3 aromatic carbocycles. The molecule has 8 nitrogen and oxygen atoms in total. The van der Waals surface area contributed by atoms with Crippen molar-refractivity contribution in [1.29, 1.82) is 0 Å². The largest absolute Gasteiger partial charge is 0.494 e. The van der Waals surface area contributed by atoms with Gasteiger partial charge in [-0.3, -0.25) is 13.9 Å². The Morgan fingerprint density at radius 1 is 0.976 bits per heavy atom. The average molecular weight is 645 g/mol. The Kier molecular flexibility index (Phi) is 11.4. The number of nitrogens with one attached hydrogen (secondary N) is 1. The van der Waals surface area contributed by atoms with Gasteiger partial charge in [0.25, 0.3) is 10.0 Å². The second kappa shape index (κ2) is 14.5. The van der Waals surface area contributed by atoms with Crippen LogP contribution in [0.15, 0.2) is 82.2 Å². The van der Waals surface area contributed by atoms with E-state index in [1.54, 1.807) is 43.3 Å². The first kappa shape index (κ1) is 32.1. The third kappa shape index (κ3) is 8.56. The zero-order valence-electron chi connectivity index (χ0n) is 24.1. The highest BCUT2D eigenvalue weighted by Crippen LogP contribution is 2.27. The van der Waals surface area contributed by atoms with Crippen molar-refractivity contribution in [2.24, 2.45) is 0 Å². The third-order valence-electron chi connectivity index (χ3n) is 6.73. The monoisotopic (exact) mass is 643 g/mol. The predicted octanol–water partition coefficient (Wildman–Crippen LogP) is 5.68. The van der Waals surface area contributed by atoms with Gasteiger partial charge in [-0.25, -0.2) is 8.42 Å². The summed E-state index contributed by atoms with van der Waals surface area (Å²) in [7, 11) is -4.14. The molecule has 2 unspecified atom stereocenters. The summed E-state index contributed by atoms with van der Waals surface area (Å²) in [5.41, 5.74) is 2.01. The summed E-state index contributed by atoms with van der Waals surface area (Å²) in [6, 6.07) is 19.6. The summed E-state index contributed by atoms with van der Waals surface area (Å²) >= 11 is 3.46. The fourth-order valence-electron chi connectivity index (χ4n) is 4.12. The first-order chi connectivity index (χ1) is 19.5. The Hall–Kier alpha value is -3.37. The van der Waals surface area contributed by atoms with Crippen molar-refractivity contribution < 1.29 is 22.7 Å². The van der Waals surface area contributed by atoms with E-state index in [-0.39, 0.29) is 23.4 Å². The number of sulfonamides is 1. The molecule has 0 radical (unpaired) electrons. The molecular weight excluding hydrogens is 606 g/mol. The second-order valence-corrected chi connectivity index (χ2v) is 12.7. The number of carbonyl (C=O) groups is 2. The molecule has 0 aromatic heterocycles. The van der Waals surface area contributed by atoms with E-state index >= 15 is 0 Å². The number of ether oxygens (including phenoxy) is 1. The molecule has 0 aliphatic rings. The molecule has 0 saturated heterocycles.